The van der Waals surface area contributed by atoms with E-state index in [0.717, 1.165) is 31.0 Å². The normalized spacial score (nSPS) is 22.1. The highest BCUT2D eigenvalue weighted by Gasteiger charge is 2.30. The van der Waals surface area contributed by atoms with Crippen LogP contribution in [0.3, 0.4) is 0 Å². The molecule has 0 aliphatic carbocycles. The highest BCUT2D eigenvalue weighted by Crippen LogP contribution is 2.25. The topological polar surface area (TPSA) is 71.5 Å². The maximum atomic E-state index is 11.0. The zero-order valence-corrected chi connectivity index (χ0v) is 11.0. The maximum absolute atomic E-state index is 11.0. The summed E-state index contributed by atoms with van der Waals surface area (Å²) in [5.74, 6) is 1.85. The van der Waals surface area contributed by atoms with Crippen LogP contribution >= 0.6 is 0 Å². The van der Waals surface area contributed by atoms with Crippen LogP contribution in [0.2, 0.25) is 0 Å². The number of amides is 1. The lowest BCUT2D eigenvalue weighted by Gasteiger charge is -2.24. The van der Waals surface area contributed by atoms with E-state index in [9.17, 15) is 4.79 Å². The second kappa shape index (κ2) is 5.54. The molecule has 18 heavy (non-hydrogen) atoms. The average molecular weight is 251 g/mol. The lowest BCUT2D eigenvalue weighted by molar-refractivity contribution is -0.119. The molecule has 1 fully saturated rings. The molecule has 0 spiro atoms. The van der Waals surface area contributed by atoms with Gasteiger partial charge in [0.1, 0.15) is 11.5 Å². The largest absolute Gasteiger partial charge is 0.465 e. The molecule has 0 radical (unpaired) electrons. The van der Waals surface area contributed by atoms with Crippen LogP contribution in [0, 0.1) is 6.92 Å². The van der Waals surface area contributed by atoms with Gasteiger partial charge in [-0.2, -0.15) is 0 Å². The number of hydrogen-bond donors (Lipinski definition) is 2. The molecule has 2 heterocycles. The van der Waals surface area contributed by atoms with Gasteiger partial charge in [-0.05, 0) is 25.5 Å². The Morgan fingerprint density at radius 3 is 3.00 bits per heavy atom. The number of nitrogens with two attached hydrogens (primary N) is 1. The van der Waals surface area contributed by atoms with E-state index in [-0.39, 0.29) is 18.0 Å². The van der Waals surface area contributed by atoms with Crippen molar-refractivity contribution >= 4 is 5.91 Å². The first-order valence-electron chi connectivity index (χ1n) is 6.37. The van der Waals surface area contributed by atoms with Gasteiger partial charge in [-0.1, -0.05) is 0 Å². The van der Waals surface area contributed by atoms with Gasteiger partial charge in [0.2, 0.25) is 5.91 Å². The van der Waals surface area contributed by atoms with Crippen LogP contribution in [0.1, 0.15) is 30.9 Å². The first kappa shape index (κ1) is 13.1. The average Bonchev–Trinajstić information content (AvgIpc) is 2.89. The second-order valence-corrected chi connectivity index (χ2v) is 4.88. The smallest absolute Gasteiger partial charge is 0.217 e. The third-order valence-corrected chi connectivity index (χ3v) is 3.38. The third kappa shape index (κ3) is 2.91. The zero-order valence-electron chi connectivity index (χ0n) is 11.0. The number of rotatable bonds is 4. The predicted molar refractivity (Wildman–Crippen MR) is 69.0 cm³/mol. The minimum absolute atomic E-state index is 0.0278. The van der Waals surface area contributed by atoms with Crippen LogP contribution in [0.4, 0.5) is 0 Å². The summed E-state index contributed by atoms with van der Waals surface area (Å²) in [6, 6.07) is 4.28. The van der Waals surface area contributed by atoms with Crippen LogP contribution in [0.15, 0.2) is 16.5 Å². The van der Waals surface area contributed by atoms with Crippen molar-refractivity contribution in [3.63, 3.8) is 0 Å². The van der Waals surface area contributed by atoms with Crippen LogP contribution in [0.25, 0.3) is 0 Å². The molecule has 2 rings (SSSR count). The Kier molecular flexibility index (Phi) is 4.04. The molecule has 0 aromatic carbocycles. The minimum atomic E-state index is 0.0278. The molecule has 2 unspecified atom stereocenters. The van der Waals surface area contributed by atoms with E-state index in [0.29, 0.717) is 6.54 Å². The number of hydrogen-bond acceptors (Lipinski definition) is 4. The molecule has 5 nitrogen and oxygen atoms in total. The number of carbonyl (C=O) groups excluding carboxylic acids is 1. The molecular formula is C13H21N3O2. The Bertz CT molecular complexity index is 416. The standard InChI is InChI=1S/C13H21N3O2/c1-9-3-4-13(18-9)12(7-14)16-6-5-11(8-16)15-10(2)17/h3-4,11-12H,5-8,14H2,1-2H3,(H,15,17). The highest BCUT2D eigenvalue weighted by atomic mass is 16.3. The van der Waals surface area contributed by atoms with E-state index in [4.69, 9.17) is 10.2 Å². The van der Waals surface area contributed by atoms with Gasteiger partial charge in [-0.15, -0.1) is 0 Å². The number of carbonyl (C=O) groups is 1. The fourth-order valence-electron chi connectivity index (χ4n) is 2.55. The van der Waals surface area contributed by atoms with E-state index >= 15 is 0 Å². The summed E-state index contributed by atoms with van der Waals surface area (Å²) >= 11 is 0. The van der Waals surface area contributed by atoms with Crippen molar-refractivity contribution in [1.29, 1.82) is 0 Å². The van der Waals surface area contributed by atoms with Crippen molar-refractivity contribution in [3.8, 4) is 0 Å². The molecule has 0 bridgehead atoms. The molecule has 100 valence electrons. The SMILES string of the molecule is CC(=O)NC1CCN(C(CN)c2ccc(C)o2)C1. The van der Waals surface area contributed by atoms with E-state index in [1.807, 2.05) is 19.1 Å². The molecule has 1 amide bonds. The van der Waals surface area contributed by atoms with Crippen molar-refractivity contribution in [3.05, 3.63) is 23.7 Å². The fraction of sp³-hybridized carbons (Fsp3) is 0.615. The van der Waals surface area contributed by atoms with Gasteiger partial charge in [0.05, 0.1) is 6.04 Å². The van der Waals surface area contributed by atoms with Crippen molar-refractivity contribution in [2.24, 2.45) is 5.73 Å². The number of aryl methyl sites for hydroxylation is 1. The van der Waals surface area contributed by atoms with Gasteiger partial charge in [0.15, 0.2) is 0 Å². The van der Waals surface area contributed by atoms with Crippen LogP contribution in [-0.4, -0.2) is 36.5 Å². The molecule has 5 heteroatoms. The lowest BCUT2D eigenvalue weighted by atomic mass is 10.2. The van der Waals surface area contributed by atoms with Crippen LogP contribution in [-0.2, 0) is 4.79 Å². The summed E-state index contributed by atoms with van der Waals surface area (Å²) in [6.45, 7) is 5.79. The molecule has 1 aromatic heterocycles. The Morgan fingerprint density at radius 2 is 2.44 bits per heavy atom. The zero-order chi connectivity index (χ0) is 13.1. The summed E-state index contributed by atoms with van der Waals surface area (Å²) in [5, 5.41) is 2.96. The van der Waals surface area contributed by atoms with Crippen LogP contribution < -0.4 is 11.1 Å². The quantitative estimate of drug-likeness (QED) is 0.830. The molecule has 0 saturated carbocycles. The first-order valence-corrected chi connectivity index (χ1v) is 6.37. The predicted octanol–water partition coefficient (Wildman–Crippen LogP) is 0.798. The van der Waals surface area contributed by atoms with Gasteiger partial charge in [-0.25, -0.2) is 0 Å². The fourth-order valence-corrected chi connectivity index (χ4v) is 2.55. The molecule has 1 saturated heterocycles. The molecule has 1 aliphatic heterocycles. The second-order valence-electron chi connectivity index (χ2n) is 4.88. The van der Waals surface area contributed by atoms with E-state index < -0.39 is 0 Å². The molecule has 1 aliphatic rings. The van der Waals surface area contributed by atoms with E-state index in [1.165, 1.54) is 0 Å². The Balaban J connectivity index is 2.00. The molecule has 1 aromatic rings. The van der Waals surface area contributed by atoms with Gasteiger partial charge >= 0.3 is 0 Å². The Morgan fingerprint density at radius 1 is 1.67 bits per heavy atom. The van der Waals surface area contributed by atoms with E-state index in [2.05, 4.69) is 10.2 Å². The van der Waals surface area contributed by atoms with Crippen molar-refractivity contribution in [2.75, 3.05) is 19.6 Å². The number of nitrogens with zero attached hydrogens (tertiary/aromatic N) is 1. The van der Waals surface area contributed by atoms with Crippen molar-refractivity contribution in [1.82, 2.24) is 10.2 Å². The van der Waals surface area contributed by atoms with Crippen molar-refractivity contribution in [2.45, 2.75) is 32.4 Å². The van der Waals surface area contributed by atoms with Crippen LogP contribution in [0.5, 0.6) is 0 Å². The maximum Gasteiger partial charge on any atom is 0.217 e. The number of nitrogens with one attached hydrogen (secondary N) is 1. The summed E-state index contributed by atoms with van der Waals surface area (Å²) in [6.07, 6.45) is 0.968. The highest BCUT2D eigenvalue weighted by molar-refractivity contribution is 5.73. The summed E-state index contributed by atoms with van der Waals surface area (Å²) < 4.78 is 5.66. The first-order chi connectivity index (χ1) is 8.60. The minimum Gasteiger partial charge on any atom is -0.465 e. The third-order valence-electron chi connectivity index (χ3n) is 3.38. The summed E-state index contributed by atoms with van der Waals surface area (Å²) in [5.41, 5.74) is 5.85. The van der Waals surface area contributed by atoms with Gasteiger partial charge in [-0.3, -0.25) is 9.69 Å². The summed E-state index contributed by atoms with van der Waals surface area (Å²) in [7, 11) is 0. The monoisotopic (exact) mass is 251 g/mol. The van der Waals surface area contributed by atoms with E-state index in [1.54, 1.807) is 6.92 Å². The molecule has 3 N–H and O–H groups in total. The summed E-state index contributed by atoms with van der Waals surface area (Å²) in [4.78, 5) is 13.3. The molecule has 2 atom stereocenters. The number of likely N-dealkylation sites (tertiary alicyclic amines) is 1. The van der Waals surface area contributed by atoms with Crippen molar-refractivity contribution < 1.29 is 9.21 Å². The molecular weight excluding hydrogens is 230 g/mol. The van der Waals surface area contributed by atoms with Gasteiger partial charge < -0.3 is 15.5 Å². The number of furan rings is 1. The van der Waals surface area contributed by atoms with Gasteiger partial charge in [0.25, 0.3) is 0 Å². The Labute approximate surface area is 107 Å². The Hall–Kier alpha value is -1.33. The van der Waals surface area contributed by atoms with Gasteiger partial charge in [0, 0.05) is 32.6 Å². The lowest BCUT2D eigenvalue weighted by Crippen LogP contribution is -2.38.